The summed E-state index contributed by atoms with van der Waals surface area (Å²) in [5, 5.41) is 2.96. The third-order valence-corrected chi connectivity index (χ3v) is 2.27. The highest BCUT2D eigenvalue weighted by atomic mass is 19.2. The number of benzene rings is 1. The molecule has 0 aliphatic rings. The Balaban J connectivity index is 2.17. The van der Waals surface area contributed by atoms with Gasteiger partial charge in [-0.1, -0.05) is 0 Å². The van der Waals surface area contributed by atoms with Crippen LogP contribution in [-0.2, 0) is 6.54 Å². The molecule has 1 heterocycles. The lowest BCUT2D eigenvalue weighted by Gasteiger charge is -2.07. The molecule has 2 aromatic rings. The molecule has 0 fully saturated rings. The molecule has 0 aliphatic carbocycles. The Morgan fingerprint density at radius 2 is 1.89 bits per heavy atom. The summed E-state index contributed by atoms with van der Waals surface area (Å²) in [4.78, 5) is 4.13. The number of aromatic nitrogens is 1. The lowest BCUT2D eigenvalue weighted by Crippen LogP contribution is -2.06. The van der Waals surface area contributed by atoms with Crippen molar-refractivity contribution in [1.82, 2.24) is 10.3 Å². The van der Waals surface area contributed by atoms with Crippen LogP contribution in [0.5, 0.6) is 11.5 Å². The monoisotopic (exact) mass is 250 g/mol. The van der Waals surface area contributed by atoms with Crippen molar-refractivity contribution in [2.75, 3.05) is 7.05 Å². The summed E-state index contributed by atoms with van der Waals surface area (Å²) < 4.78 is 31.2. The van der Waals surface area contributed by atoms with Gasteiger partial charge in [0.15, 0.2) is 11.6 Å². The summed E-state index contributed by atoms with van der Waals surface area (Å²) in [5.41, 5.74) is 0.803. The third kappa shape index (κ3) is 3.01. The summed E-state index contributed by atoms with van der Waals surface area (Å²) in [5.74, 6) is -1.05. The van der Waals surface area contributed by atoms with Crippen LogP contribution in [0.25, 0.3) is 0 Å². The van der Waals surface area contributed by atoms with Crippen molar-refractivity contribution in [3.05, 3.63) is 53.9 Å². The van der Waals surface area contributed by atoms with Gasteiger partial charge in [-0.3, -0.25) is 4.98 Å². The van der Waals surface area contributed by atoms with E-state index in [4.69, 9.17) is 4.74 Å². The van der Waals surface area contributed by atoms with E-state index < -0.39 is 11.6 Å². The SMILES string of the molecule is CNCc1cc(Oc2ccc(F)c(F)c2)ccn1. The van der Waals surface area contributed by atoms with Gasteiger partial charge in [0.25, 0.3) is 0 Å². The van der Waals surface area contributed by atoms with Crippen molar-refractivity contribution < 1.29 is 13.5 Å². The number of nitrogens with one attached hydrogen (secondary N) is 1. The number of rotatable bonds is 4. The maximum Gasteiger partial charge on any atom is 0.162 e. The Kier molecular flexibility index (Phi) is 3.84. The number of hydrogen-bond donors (Lipinski definition) is 1. The molecule has 1 aromatic heterocycles. The lowest BCUT2D eigenvalue weighted by atomic mass is 10.3. The van der Waals surface area contributed by atoms with E-state index in [1.165, 1.54) is 6.07 Å². The summed E-state index contributed by atoms with van der Waals surface area (Å²) in [7, 11) is 1.81. The van der Waals surface area contributed by atoms with Gasteiger partial charge in [-0.25, -0.2) is 8.78 Å². The minimum Gasteiger partial charge on any atom is -0.457 e. The van der Waals surface area contributed by atoms with Crippen molar-refractivity contribution in [2.45, 2.75) is 6.54 Å². The van der Waals surface area contributed by atoms with Crippen LogP contribution in [0.3, 0.4) is 0 Å². The number of halogens is 2. The lowest BCUT2D eigenvalue weighted by molar-refractivity contribution is 0.460. The molecule has 1 aromatic carbocycles. The quantitative estimate of drug-likeness (QED) is 0.906. The van der Waals surface area contributed by atoms with E-state index in [9.17, 15) is 8.78 Å². The Morgan fingerprint density at radius 1 is 1.11 bits per heavy atom. The van der Waals surface area contributed by atoms with Crippen molar-refractivity contribution in [1.29, 1.82) is 0 Å². The van der Waals surface area contributed by atoms with Gasteiger partial charge < -0.3 is 10.1 Å². The Bertz CT molecular complexity index is 546. The molecular formula is C13H12F2N2O. The summed E-state index contributed by atoms with van der Waals surface area (Å²) >= 11 is 0. The van der Waals surface area contributed by atoms with Crippen molar-refractivity contribution >= 4 is 0 Å². The average molecular weight is 250 g/mol. The zero-order valence-corrected chi connectivity index (χ0v) is 9.78. The first-order chi connectivity index (χ1) is 8.69. The van der Waals surface area contributed by atoms with E-state index in [-0.39, 0.29) is 5.75 Å². The molecule has 0 amide bonds. The normalized spacial score (nSPS) is 10.4. The molecule has 0 spiro atoms. The molecule has 0 atom stereocenters. The largest absolute Gasteiger partial charge is 0.457 e. The first kappa shape index (κ1) is 12.4. The van der Waals surface area contributed by atoms with E-state index in [0.717, 1.165) is 17.8 Å². The first-order valence-electron chi connectivity index (χ1n) is 5.41. The second-order valence-electron chi connectivity index (χ2n) is 3.69. The highest BCUT2D eigenvalue weighted by molar-refractivity contribution is 5.31. The van der Waals surface area contributed by atoms with Gasteiger partial charge in [0.1, 0.15) is 11.5 Å². The van der Waals surface area contributed by atoms with Crippen LogP contribution >= 0.6 is 0 Å². The van der Waals surface area contributed by atoms with Gasteiger partial charge >= 0.3 is 0 Å². The maximum atomic E-state index is 13.0. The Labute approximate surface area is 103 Å². The van der Waals surface area contributed by atoms with Gasteiger partial charge in [0.2, 0.25) is 0 Å². The van der Waals surface area contributed by atoms with E-state index in [1.54, 1.807) is 18.3 Å². The molecule has 0 aliphatic heterocycles. The van der Waals surface area contributed by atoms with Crippen LogP contribution < -0.4 is 10.1 Å². The fourth-order valence-electron chi connectivity index (χ4n) is 1.47. The van der Waals surface area contributed by atoms with E-state index in [0.29, 0.717) is 12.3 Å². The van der Waals surface area contributed by atoms with E-state index >= 15 is 0 Å². The number of nitrogens with zero attached hydrogens (tertiary/aromatic N) is 1. The molecule has 2 rings (SSSR count). The minimum atomic E-state index is -0.933. The molecule has 3 nitrogen and oxygen atoms in total. The van der Waals surface area contributed by atoms with Gasteiger partial charge in [-0.2, -0.15) is 0 Å². The minimum absolute atomic E-state index is 0.246. The molecular weight excluding hydrogens is 238 g/mol. The fourth-order valence-corrected chi connectivity index (χ4v) is 1.47. The molecule has 0 saturated carbocycles. The highest BCUT2D eigenvalue weighted by Crippen LogP contribution is 2.23. The molecule has 5 heteroatoms. The fraction of sp³-hybridized carbons (Fsp3) is 0.154. The van der Waals surface area contributed by atoms with E-state index in [1.807, 2.05) is 7.05 Å². The van der Waals surface area contributed by atoms with Crippen LogP contribution in [0.15, 0.2) is 36.5 Å². The Morgan fingerprint density at radius 3 is 2.61 bits per heavy atom. The smallest absolute Gasteiger partial charge is 0.162 e. The standard InChI is InChI=1S/C13H12F2N2O/c1-16-8-9-6-11(4-5-17-9)18-10-2-3-12(14)13(15)7-10/h2-7,16H,8H2,1H3. The van der Waals surface area contributed by atoms with Gasteiger partial charge in [-0.15, -0.1) is 0 Å². The van der Waals surface area contributed by atoms with E-state index in [2.05, 4.69) is 10.3 Å². The number of ether oxygens (including phenoxy) is 1. The first-order valence-corrected chi connectivity index (χ1v) is 5.41. The van der Waals surface area contributed by atoms with Crippen LogP contribution in [0.4, 0.5) is 8.78 Å². The summed E-state index contributed by atoms with van der Waals surface area (Å²) in [6.07, 6.45) is 1.60. The second kappa shape index (κ2) is 5.55. The van der Waals surface area contributed by atoms with Crippen molar-refractivity contribution in [2.24, 2.45) is 0 Å². The predicted octanol–water partition coefficient (Wildman–Crippen LogP) is 2.87. The van der Waals surface area contributed by atoms with Crippen molar-refractivity contribution in [3.63, 3.8) is 0 Å². The molecule has 0 bridgehead atoms. The van der Waals surface area contributed by atoms with Crippen LogP contribution in [0, 0.1) is 11.6 Å². The topological polar surface area (TPSA) is 34.1 Å². The van der Waals surface area contributed by atoms with Gasteiger partial charge in [0, 0.05) is 24.9 Å². The van der Waals surface area contributed by atoms with Crippen molar-refractivity contribution in [3.8, 4) is 11.5 Å². The maximum absolute atomic E-state index is 13.0. The highest BCUT2D eigenvalue weighted by Gasteiger charge is 2.05. The van der Waals surface area contributed by atoms with Crippen LogP contribution in [-0.4, -0.2) is 12.0 Å². The molecule has 94 valence electrons. The molecule has 0 saturated heterocycles. The number of pyridine rings is 1. The molecule has 0 unspecified atom stereocenters. The zero-order chi connectivity index (χ0) is 13.0. The molecule has 18 heavy (non-hydrogen) atoms. The molecule has 1 N–H and O–H groups in total. The Hall–Kier alpha value is -2.01. The summed E-state index contributed by atoms with van der Waals surface area (Å²) in [6, 6.07) is 6.79. The predicted molar refractivity (Wildman–Crippen MR) is 63.4 cm³/mol. The van der Waals surface area contributed by atoms with Crippen LogP contribution in [0.2, 0.25) is 0 Å². The van der Waals surface area contributed by atoms with Crippen LogP contribution in [0.1, 0.15) is 5.69 Å². The number of hydrogen-bond acceptors (Lipinski definition) is 3. The average Bonchev–Trinajstić information content (AvgIpc) is 2.35. The third-order valence-electron chi connectivity index (χ3n) is 2.27. The summed E-state index contributed by atoms with van der Waals surface area (Å²) in [6.45, 7) is 0.606. The molecule has 0 radical (unpaired) electrons. The van der Waals surface area contributed by atoms with Gasteiger partial charge in [0.05, 0.1) is 5.69 Å². The zero-order valence-electron chi connectivity index (χ0n) is 9.78. The van der Waals surface area contributed by atoms with Gasteiger partial charge in [-0.05, 0) is 25.2 Å². The second-order valence-corrected chi connectivity index (χ2v) is 3.69.